The van der Waals surface area contributed by atoms with Gasteiger partial charge in [-0.05, 0) is 64.2 Å². The number of phosphoric ester groups is 1. The number of hydrogen-bond donors (Lipinski definition) is 2. The fourth-order valence-corrected chi connectivity index (χ4v) is 5.38. The van der Waals surface area contributed by atoms with E-state index in [9.17, 15) is 24.2 Å². The number of aliphatic hydroxyl groups is 1. The van der Waals surface area contributed by atoms with Crippen molar-refractivity contribution in [2.45, 2.75) is 135 Å². The lowest BCUT2D eigenvalue weighted by atomic mass is 10.1. The molecule has 0 saturated heterocycles. The van der Waals surface area contributed by atoms with Crippen LogP contribution in [-0.2, 0) is 32.7 Å². The van der Waals surface area contributed by atoms with Crippen LogP contribution in [0.25, 0.3) is 0 Å². The van der Waals surface area contributed by atoms with Crippen molar-refractivity contribution in [3.05, 3.63) is 72.9 Å². The third kappa shape index (κ3) is 37.5. The number of allylic oxidation sites excluding steroid dienone is 10. The number of aliphatic hydroxyl groups excluding tert-OH is 1. The summed E-state index contributed by atoms with van der Waals surface area (Å²) in [4.78, 5) is 35.2. The molecule has 0 aliphatic rings. The van der Waals surface area contributed by atoms with Gasteiger partial charge in [0.2, 0.25) is 0 Å². The summed E-state index contributed by atoms with van der Waals surface area (Å²) in [6.45, 7) is 4.02. The first kappa shape index (κ1) is 50.4. The molecule has 2 N–H and O–H groups in total. The normalized spacial score (nSPS) is 15.1. The van der Waals surface area contributed by atoms with Gasteiger partial charge in [-0.1, -0.05) is 119 Å². The fraction of sp³-hybridized carbons (Fsp3) is 0.667. The number of nitrogens with zero attached hydrogens (tertiary/aromatic N) is 1. The van der Waals surface area contributed by atoms with Crippen LogP contribution in [0.3, 0.4) is 0 Å². The third-order valence-corrected chi connectivity index (χ3v) is 8.78. The van der Waals surface area contributed by atoms with E-state index in [0.29, 0.717) is 36.7 Å². The number of phosphoric acid groups is 1. The van der Waals surface area contributed by atoms with Crippen molar-refractivity contribution < 1.29 is 47.2 Å². The number of carbonyl (C=O) groups excluding carboxylic acids is 2. The van der Waals surface area contributed by atoms with Crippen LogP contribution in [0.5, 0.6) is 0 Å². The van der Waals surface area contributed by atoms with E-state index >= 15 is 0 Å². The van der Waals surface area contributed by atoms with Crippen molar-refractivity contribution in [2.75, 3.05) is 47.5 Å². The summed E-state index contributed by atoms with van der Waals surface area (Å²) in [7, 11) is 1.39. The Kier molecular flexibility index (Phi) is 32.3. The lowest BCUT2D eigenvalue weighted by Crippen LogP contribution is -2.37. The van der Waals surface area contributed by atoms with Gasteiger partial charge in [0.1, 0.15) is 19.8 Å². The summed E-state index contributed by atoms with van der Waals surface area (Å²) in [5, 5.41) is 9.76. The molecule has 0 aromatic rings. The van der Waals surface area contributed by atoms with E-state index in [1.54, 1.807) is 0 Å². The predicted molar refractivity (Wildman–Crippen MR) is 216 cm³/mol. The molecule has 3 atom stereocenters. The zero-order chi connectivity index (χ0) is 39.5. The van der Waals surface area contributed by atoms with E-state index < -0.39 is 38.6 Å². The Morgan fingerprint density at radius 3 is 2.02 bits per heavy atom. The Hall–Kier alpha value is -2.59. The topological polar surface area (TPSA) is 129 Å². The van der Waals surface area contributed by atoms with Crippen LogP contribution in [0.1, 0.15) is 123 Å². The molecule has 0 bridgehead atoms. The van der Waals surface area contributed by atoms with E-state index in [-0.39, 0.29) is 26.1 Å². The average molecular weight is 767 g/mol. The van der Waals surface area contributed by atoms with Crippen LogP contribution < -0.4 is 0 Å². The van der Waals surface area contributed by atoms with Crippen LogP contribution >= 0.6 is 7.82 Å². The third-order valence-electron chi connectivity index (χ3n) is 7.80. The molecular weight excluding hydrogens is 693 g/mol. The van der Waals surface area contributed by atoms with Crippen molar-refractivity contribution in [3.8, 4) is 0 Å². The maximum absolute atomic E-state index is 12.6. The minimum atomic E-state index is -4.40. The molecule has 0 aliphatic carbocycles. The summed E-state index contributed by atoms with van der Waals surface area (Å²) in [6.07, 6.45) is 37.3. The fourth-order valence-electron chi connectivity index (χ4n) is 4.64. The van der Waals surface area contributed by atoms with Crippen molar-refractivity contribution in [1.29, 1.82) is 0 Å². The quantitative estimate of drug-likeness (QED) is 0.0164. The standard InChI is InChI=1S/C42H72NO9P/c1-6-8-10-11-12-13-16-20-23-26-29-33-41(45)49-37-40(38-51-53(47,48)50-36-35-43(3,4)5)52-42(46)34-30-27-24-21-18-15-14-17-19-22-25-28-32-39(44)31-9-7-2/h9,11-12,14-15,19,21-22,24-25,28,31,39-40,44H,6-8,10,13,16-18,20,23,26-27,29-30,32-38H2,1-5H3/p+1/b12-11-,15-14-,22-19-,24-21-,28-25+,31-9-/t39?,40-/m1/s1. The highest BCUT2D eigenvalue weighted by atomic mass is 31.2. The molecule has 0 aromatic heterocycles. The lowest BCUT2D eigenvalue weighted by molar-refractivity contribution is -0.870. The SMILES string of the molecule is CC/C=C\C(O)C/C=C/C=C\C/C=C\C/C=C\CCCC(=O)O[C@H](COC(=O)CCCCCCC/C=C\CCCC)COP(=O)(O)OCC[N+](C)(C)C. The van der Waals surface area contributed by atoms with Gasteiger partial charge in [0.25, 0.3) is 0 Å². The van der Waals surface area contributed by atoms with Crippen LogP contribution in [0.2, 0.25) is 0 Å². The highest BCUT2D eigenvalue weighted by molar-refractivity contribution is 7.47. The van der Waals surface area contributed by atoms with Crippen LogP contribution in [0, 0.1) is 0 Å². The second-order valence-electron chi connectivity index (χ2n) is 14.1. The van der Waals surface area contributed by atoms with Gasteiger partial charge in [0.05, 0.1) is 33.9 Å². The molecule has 0 aromatic carbocycles. The van der Waals surface area contributed by atoms with Gasteiger partial charge >= 0.3 is 19.8 Å². The van der Waals surface area contributed by atoms with Crippen molar-refractivity contribution in [3.63, 3.8) is 0 Å². The Labute approximate surface area is 321 Å². The first-order chi connectivity index (χ1) is 25.4. The van der Waals surface area contributed by atoms with Gasteiger partial charge in [0.15, 0.2) is 6.10 Å². The number of carbonyl (C=O) groups is 2. The molecule has 0 aliphatic heterocycles. The Balaban J connectivity index is 4.59. The highest BCUT2D eigenvalue weighted by Gasteiger charge is 2.27. The number of rotatable bonds is 34. The van der Waals surface area contributed by atoms with Gasteiger partial charge in [-0.25, -0.2) is 4.57 Å². The summed E-state index contributed by atoms with van der Waals surface area (Å²) in [6, 6.07) is 0. The largest absolute Gasteiger partial charge is 0.472 e. The Morgan fingerprint density at radius 1 is 0.698 bits per heavy atom. The zero-order valence-corrected chi connectivity index (χ0v) is 34.5. The van der Waals surface area contributed by atoms with Crippen LogP contribution in [0.15, 0.2) is 72.9 Å². The Bertz CT molecular complexity index is 1150. The molecule has 0 rings (SSSR count). The van der Waals surface area contributed by atoms with Gasteiger partial charge in [-0.2, -0.15) is 0 Å². The van der Waals surface area contributed by atoms with Crippen molar-refractivity contribution >= 4 is 19.8 Å². The minimum Gasteiger partial charge on any atom is -0.462 e. The molecule has 2 unspecified atom stereocenters. The molecule has 0 radical (unpaired) electrons. The van der Waals surface area contributed by atoms with Crippen molar-refractivity contribution in [1.82, 2.24) is 0 Å². The molecule has 0 fully saturated rings. The summed E-state index contributed by atoms with van der Waals surface area (Å²) in [5.41, 5.74) is 0. The maximum Gasteiger partial charge on any atom is 0.472 e. The second-order valence-corrected chi connectivity index (χ2v) is 15.6. The number of hydrogen-bond acceptors (Lipinski definition) is 8. The van der Waals surface area contributed by atoms with E-state index in [0.717, 1.165) is 57.8 Å². The zero-order valence-electron chi connectivity index (χ0n) is 33.6. The van der Waals surface area contributed by atoms with Gasteiger partial charge in [0, 0.05) is 12.8 Å². The first-order valence-electron chi connectivity index (χ1n) is 19.8. The molecule has 0 spiro atoms. The second kappa shape index (κ2) is 33.9. The summed E-state index contributed by atoms with van der Waals surface area (Å²) < 4.78 is 34.1. The number of unbranched alkanes of at least 4 members (excludes halogenated alkanes) is 8. The molecule has 0 amide bonds. The lowest BCUT2D eigenvalue weighted by Gasteiger charge is -2.24. The number of likely N-dealkylation sites (N-methyl/N-ethyl adjacent to an activating group) is 1. The van der Waals surface area contributed by atoms with E-state index in [1.165, 1.54) is 12.8 Å². The molecular formula is C42H73NO9P+. The molecule has 304 valence electrons. The van der Waals surface area contributed by atoms with Crippen molar-refractivity contribution in [2.24, 2.45) is 0 Å². The Morgan fingerprint density at radius 2 is 1.30 bits per heavy atom. The predicted octanol–water partition coefficient (Wildman–Crippen LogP) is 9.65. The highest BCUT2D eigenvalue weighted by Crippen LogP contribution is 2.43. The van der Waals surface area contributed by atoms with E-state index in [1.807, 2.05) is 76.7 Å². The number of esters is 2. The molecule has 11 heteroatoms. The summed E-state index contributed by atoms with van der Waals surface area (Å²) in [5.74, 6) is -0.912. The van der Waals surface area contributed by atoms with Gasteiger partial charge in [-0.15, -0.1) is 0 Å². The first-order valence-corrected chi connectivity index (χ1v) is 21.3. The molecule has 0 heterocycles. The average Bonchev–Trinajstić information content (AvgIpc) is 3.10. The maximum atomic E-state index is 12.6. The monoisotopic (exact) mass is 767 g/mol. The molecule has 10 nitrogen and oxygen atoms in total. The van der Waals surface area contributed by atoms with Crippen LogP contribution in [0.4, 0.5) is 0 Å². The minimum absolute atomic E-state index is 0.00833. The summed E-state index contributed by atoms with van der Waals surface area (Å²) >= 11 is 0. The number of quaternary nitrogens is 1. The molecule has 53 heavy (non-hydrogen) atoms. The smallest absolute Gasteiger partial charge is 0.462 e. The van der Waals surface area contributed by atoms with E-state index in [4.69, 9.17) is 18.5 Å². The molecule has 0 saturated carbocycles. The van der Waals surface area contributed by atoms with Crippen LogP contribution in [-0.4, -0.2) is 86.1 Å². The van der Waals surface area contributed by atoms with E-state index in [2.05, 4.69) is 31.2 Å². The number of ether oxygens (including phenoxy) is 2. The van der Waals surface area contributed by atoms with Gasteiger partial charge < -0.3 is 24.0 Å². The van der Waals surface area contributed by atoms with Gasteiger partial charge in [-0.3, -0.25) is 18.6 Å².